The Bertz CT molecular complexity index is 172. The first-order chi connectivity index (χ1) is 9.39. The molecule has 0 unspecified atom stereocenters. The number of rotatable bonds is 9. The topological polar surface area (TPSA) is 9.23 Å². The van der Waals surface area contributed by atoms with Crippen molar-refractivity contribution in [1.82, 2.24) is 0 Å². The largest absolute Gasteiger partial charge is 0.384 e. The van der Waals surface area contributed by atoms with Crippen molar-refractivity contribution in [3.63, 3.8) is 0 Å². The Morgan fingerprint density at radius 1 is 0.850 bits per heavy atom. The fourth-order valence-corrected chi connectivity index (χ4v) is 2.12. The summed E-state index contributed by atoms with van der Waals surface area (Å²) in [7, 11) is 1.71. The Morgan fingerprint density at radius 2 is 1.25 bits per heavy atom. The van der Waals surface area contributed by atoms with E-state index in [1.54, 1.807) is 7.11 Å². The highest BCUT2D eigenvalue weighted by molar-refractivity contribution is 4.76. The van der Waals surface area contributed by atoms with Crippen LogP contribution in [-0.2, 0) is 4.74 Å². The molecule has 0 N–H and O–H groups in total. The van der Waals surface area contributed by atoms with Crippen molar-refractivity contribution in [2.75, 3.05) is 13.7 Å². The van der Waals surface area contributed by atoms with E-state index >= 15 is 0 Å². The van der Waals surface area contributed by atoms with Gasteiger partial charge in [-0.1, -0.05) is 48.0 Å². The molecule has 0 saturated carbocycles. The van der Waals surface area contributed by atoms with Gasteiger partial charge in [0.25, 0.3) is 0 Å². The third kappa shape index (κ3) is 14.2. The second kappa shape index (κ2) is 15.2. The zero-order valence-electron chi connectivity index (χ0n) is 15.1. The van der Waals surface area contributed by atoms with E-state index in [2.05, 4.69) is 13.8 Å². The highest BCUT2D eigenvalue weighted by Gasteiger charge is 2.26. The molecule has 20 heavy (non-hydrogen) atoms. The Balaban J connectivity index is -0.000000656. The van der Waals surface area contributed by atoms with Crippen LogP contribution in [0.15, 0.2) is 0 Å². The molecule has 0 amide bonds. The fraction of sp³-hybridized carbons (Fsp3) is 1.00. The van der Waals surface area contributed by atoms with Gasteiger partial charge in [0, 0.05) is 13.5 Å². The number of halogens is 2. The van der Waals surface area contributed by atoms with Crippen molar-refractivity contribution >= 4 is 0 Å². The van der Waals surface area contributed by atoms with E-state index in [1.807, 2.05) is 27.7 Å². The number of ether oxygens (including phenoxy) is 1. The van der Waals surface area contributed by atoms with Crippen LogP contribution in [0.25, 0.3) is 0 Å². The van der Waals surface area contributed by atoms with Gasteiger partial charge < -0.3 is 4.74 Å². The van der Waals surface area contributed by atoms with Gasteiger partial charge in [0.15, 0.2) is 0 Å². The van der Waals surface area contributed by atoms with Crippen molar-refractivity contribution < 1.29 is 13.5 Å². The SMILES string of the molecule is CC.CC.CCC(CC)(CCCCC(C)(F)F)COC. The number of hydrogen-bond donors (Lipinski definition) is 0. The number of unbranched alkanes of at least 4 members (excludes halogenated alkanes) is 1. The van der Waals surface area contributed by atoms with Crippen molar-refractivity contribution in [2.24, 2.45) is 5.41 Å². The summed E-state index contributed by atoms with van der Waals surface area (Å²) in [6.07, 6.45) is 4.58. The lowest BCUT2D eigenvalue weighted by atomic mass is 9.78. The molecule has 1 nitrogen and oxygen atoms in total. The molecule has 0 aliphatic carbocycles. The van der Waals surface area contributed by atoms with Crippen LogP contribution in [0, 0.1) is 5.41 Å². The highest BCUT2D eigenvalue weighted by atomic mass is 19.3. The third-order valence-electron chi connectivity index (χ3n) is 3.52. The molecule has 0 radical (unpaired) electrons. The molecule has 0 aromatic heterocycles. The molecular formula is C17H38F2O. The average molecular weight is 296 g/mol. The van der Waals surface area contributed by atoms with Crippen LogP contribution < -0.4 is 0 Å². The monoisotopic (exact) mass is 296 g/mol. The molecule has 0 aliphatic rings. The summed E-state index contributed by atoms with van der Waals surface area (Å²) in [6, 6.07) is 0. The lowest BCUT2D eigenvalue weighted by molar-refractivity contribution is 0.00772. The Hall–Kier alpha value is -0.180. The average Bonchev–Trinajstić information content (AvgIpc) is 2.46. The Labute approximate surface area is 126 Å². The predicted molar refractivity (Wildman–Crippen MR) is 86.7 cm³/mol. The van der Waals surface area contributed by atoms with Gasteiger partial charge >= 0.3 is 0 Å². The van der Waals surface area contributed by atoms with Gasteiger partial charge in [0.1, 0.15) is 0 Å². The summed E-state index contributed by atoms with van der Waals surface area (Å²) in [6.45, 7) is 14.0. The van der Waals surface area contributed by atoms with Crippen LogP contribution >= 0.6 is 0 Å². The summed E-state index contributed by atoms with van der Waals surface area (Å²) in [5.74, 6) is -2.51. The van der Waals surface area contributed by atoms with E-state index in [0.29, 0.717) is 6.42 Å². The number of alkyl halides is 2. The van der Waals surface area contributed by atoms with Crippen molar-refractivity contribution in [1.29, 1.82) is 0 Å². The van der Waals surface area contributed by atoms with Crippen LogP contribution in [0.3, 0.4) is 0 Å². The molecule has 0 bridgehead atoms. The quantitative estimate of drug-likeness (QED) is 0.430. The van der Waals surface area contributed by atoms with Crippen LogP contribution in [-0.4, -0.2) is 19.6 Å². The molecule has 0 aromatic carbocycles. The third-order valence-corrected chi connectivity index (χ3v) is 3.52. The van der Waals surface area contributed by atoms with E-state index in [9.17, 15) is 8.78 Å². The second-order valence-corrected chi connectivity index (χ2v) is 4.92. The van der Waals surface area contributed by atoms with Crippen molar-refractivity contribution in [2.45, 2.75) is 92.9 Å². The summed E-state index contributed by atoms with van der Waals surface area (Å²) < 4.78 is 30.5. The summed E-state index contributed by atoms with van der Waals surface area (Å²) >= 11 is 0. The molecule has 0 atom stereocenters. The van der Waals surface area contributed by atoms with Gasteiger partial charge in [-0.25, -0.2) is 8.78 Å². The minimum atomic E-state index is -2.51. The lowest BCUT2D eigenvalue weighted by Gasteiger charge is -2.31. The molecule has 126 valence electrons. The molecule has 0 fully saturated rings. The Kier molecular flexibility index (Phi) is 18.9. The van der Waals surface area contributed by atoms with Crippen LogP contribution in [0.5, 0.6) is 0 Å². The first-order valence-corrected chi connectivity index (χ1v) is 8.26. The van der Waals surface area contributed by atoms with Gasteiger partial charge in [0.2, 0.25) is 5.92 Å². The van der Waals surface area contributed by atoms with Gasteiger partial charge in [0.05, 0.1) is 6.61 Å². The molecule has 0 spiro atoms. The maximum Gasteiger partial charge on any atom is 0.245 e. The maximum atomic E-state index is 12.6. The highest BCUT2D eigenvalue weighted by Crippen LogP contribution is 2.33. The summed E-state index contributed by atoms with van der Waals surface area (Å²) in [5, 5.41) is 0. The van der Waals surface area contributed by atoms with Crippen LogP contribution in [0.1, 0.15) is 87.0 Å². The van der Waals surface area contributed by atoms with E-state index in [1.165, 1.54) is 0 Å². The molecule has 0 aromatic rings. The van der Waals surface area contributed by atoms with Crippen molar-refractivity contribution in [3.8, 4) is 0 Å². The van der Waals surface area contributed by atoms with Gasteiger partial charge in [-0.3, -0.25) is 0 Å². The Morgan fingerprint density at radius 3 is 1.55 bits per heavy atom. The predicted octanol–water partition coefficient (Wildman–Crippen LogP) is 6.71. The van der Waals surface area contributed by atoms with E-state index in [0.717, 1.165) is 39.2 Å². The smallest absolute Gasteiger partial charge is 0.245 e. The van der Waals surface area contributed by atoms with E-state index in [-0.39, 0.29) is 11.8 Å². The van der Waals surface area contributed by atoms with Crippen molar-refractivity contribution in [3.05, 3.63) is 0 Å². The zero-order chi connectivity index (χ0) is 16.7. The first kappa shape index (κ1) is 24.8. The zero-order valence-corrected chi connectivity index (χ0v) is 15.1. The molecule has 0 rings (SSSR count). The summed E-state index contributed by atoms with van der Waals surface area (Å²) in [5.41, 5.74) is 0.192. The standard InChI is InChI=1S/C13H26F2O.2C2H6/c1-5-13(6-2,11-16-4)10-8-7-9-12(3,14)15;2*1-2/h5-11H2,1-4H3;2*1-2H3. The van der Waals surface area contributed by atoms with Gasteiger partial charge in [-0.2, -0.15) is 0 Å². The molecule has 0 aliphatic heterocycles. The maximum absolute atomic E-state index is 12.6. The van der Waals surface area contributed by atoms with Gasteiger partial charge in [-0.15, -0.1) is 0 Å². The second-order valence-electron chi connectivity index (χ2n) is 4.92. The minimum Gasteiger partial charge on any atom is -0.384 e. The fourth-order valence-electron chi connectivity index (χ4n) is 2.12. The molecule has 0 saturated heterocycles. The van der Waals surface area contributed by atoms with Crippen LogP contribution in [0.4, 0.5) is 8.78 Å². The molecule has 0 heterocycles. The molecular weight excluding hydrogens is 258 g/mol. The van der Waals surface area contributed by atoms with Gasteiger partial charge in [-0.05, 0) is 38.0 Å². The minimum absolute atomic E-state index is 0.00346. The van der Waals surface area contributed by atoms with Crippen LogP contribution in [0.2, 0.25) is 0 Å². The first-order valence-electron chi connectivity index (χ1n) is 8.26. The van der Waals surface area contributed by atoms with E-state index < -0.39 is 5.92 Å². The molecule has 3 heteroatoms. The lowest BCUT2D eigenvalue weighted by Crippen LogP contribution is -2.25. The number of hydrogen-bond acceptors (Lipinski definition) is 1. The normalized spacial score (nSPS) is 11.1. The van der Waals surface area contributed by atoms with E-state index in [4.69, 9.17) is 4.74 Å². The number of methoxy groups -OCH3 is 1. The summed E-state index contributed by atoms with van der Waals surface area (Å²) in [4.78, 5) is 0.